The lowest BCUT2D eigenvalue weighted by molar-refractivity contribution is 0.650. The van der Waals surface area contributed by atoms with Crippen molar-refractivity contribution in [3.63, 3.8) is 0 Å². The van der Waals surface area contributed by atoms with Crippen molar-refractivity contribution in [1.82, 2.24) is 10.3 Å². The number of anilines is 1. The van der Waals surface area contributed by atoms with Gasteiger partial charge in [0.05, 0.1) is 0 Å². The maximum Gasteiger partial charge on any atom is 0.0445 e. The van der Waals surface area contributed by atoms with Crippen molar-refractivity contribution in [1.29, 1.82) is 0 Å². The van der Waals surface area contributed by atoms with E-state index >= 15 is 0 Å². The molecule has 0 amide bonds. The quantitative estimate of drug-likeness (QED) is 0.803. The summed E-state index contributed by atoms with van der Waals surface area (Å²) in [6, 6.07) is 3.43. The van der Waals surface area contributed by atoms with Crippen LogP contribution in [0.3, 0.4) is 0 Å². The van der Waals surface area contributed by atoms with Gasteiger partial charge in [0, 0.05) is 48.8 Å². The number of pyridine rings is 1. The molecule has 0 aromatic carbocycles. The highest BCUT2D eigenvalue weighted by Gasteiger charge is 2.21. The first-order valence-corrected chi connectivity index (χ1v) is 7.15. The molecule has 1 N–H and O–H groups in total. The van der Waals surface area contributed by atoms with E-state index in [2.05, 4.69) is 42.0 Å². The summed E-state index contributed by atoms with van der Waals surface area (Å²) >= 11 is 0. The van der Waals surface area contributed by atoms with Crippen molar-refractivity contribution in [2.75, 3.05) is 11.4 Å². The Morgan fingerprint density at radius 1 is 1.44 bits per heavy atom. The van der Waals surface area contributed by atoms with Crippen LogP contribution in [-0.2, 0) is 6.54 Å². The van der Waals surface area contributed by atoms with Crippen molar-refractivity contribution < 1.29 is 0 Å². The minimum absolute atomic E-state index is 0.534. The zero-order valence-electron chi connectivity index (χ0n) is 11.8. The topological polar surface area (TPSA) is 28.2 Å². The fourth-order valence-corrected chi connectivity index (χ4v) is 2.28. The second-order valence-electron chi connectivity index (χ2n) is 5.45. The Hall–Kier alpha value is -1.09. The Kier molecular flexibility index (Phi) is 4.59. The van der Waals surface area contributed by atoms with E-state index in [9.17, 15) is 0 Å². The number of rotatable bonds is 7. The molecule has 1 saturated carbocycles. The summed E-state index contributed by atoms with van der Waals surface area (Å²) in [6.45, 7) is 8.81. The maximum atomic E-state index is 4.28. The molecule has 0 unspecified atom stereocenters. The van der Waals surface area contributed by atoms with Gasteiger partial charge in [-0.15, -0.1) is 0 Å². The highest BCUT2D eigenvalue weighted by Crippen LogP contribution is 2.24. The van der Waals surface area contributed by atoms with E-state index in [-0.39, 0.29) is 0 Å². The van der Waals surface area contributed by atoms with Gasteiger partial charge in [0.1, 0.15) is 0 Å². The molecule has 1 heterocycles. The Labute approximate surface area is 111 Å². The lowest BCUT2D eigenvalue weighted by Crippen LogP contribution is -2.33. The van der Waals surface area contributed by atoms with Crippen LogP contribution in [0.15, 0.2) is 18.5 Å². The number of nitrogens with zero attached hydrogens (tertiary/aromatic N) is 2. The molecular weight excluding hydrogens is 222 g/mol. The lowest BCUT2D eigenvalue weighted by Gasteiger charge is -2.30. The monoisotopic (exact) mass is 247 g/mol. The SMILES string of the molecule is CCCN(c1ccncc1CNC1CC1)C(C)C. The predicted molar refractivity (Wildman–Crippen MR) is 76.9 cm³/mol. The molecule has 0 saturated heterocycles. The van der Waals surface area contributed by atoms with E-state index < -0.39 is 0 Å². The summed E-state index contributed by atoms with van der Waals surface area (Å²) in [7, 11) is 0. The maximum absolute atomic E-state index is 4.28. The van der Waals surface area contributed by atoms with Gasteiger partial charge < -0.3 is 10.2 Å². The van der Waals surface area contributed by atoms with Crippen molar-refractivity contribution in [2.24, 2.45) is 0 Å². The van der Waals surface area contributed by atoms with Gasteiger partial charge in [-0.3, -0.25) is 4.98 Å². The van der Waals surface area contributed by atoms with Crippen LogP contribution in [-0.4, -0.2) is 23.6 Å². The van der Waals surface area contributed by atoms with E-state index in [0.717, 1.165) is 19.1 Å². The first-order chi connectivity index (χ1) is 8.72. The van der Waals surface area contributed by atoms with E-state index in [1.54, 1.807) is 0 Å². The van der Waals surface area contributed by atoms with Crippen molar-refractivity contribution in [3.05, 3.63) is 24.0 Å². The zero-order chi connectivity index (χ0) is 13.0. The fraction of sp³-hybridized carbons (Fsp3) is 0.667. The van der Waals surface area contributed by atoms with Gasteiger partial charge >= 0.3 is 0 Å². The highest BCUT2D eigenvalue weighted by molar-refractivity contribution is 5.52. The van der Waals surface area contributed by atoms with Crippen LogP contribution in [0, 0.1) is 0 Å². The number of hydrogen-bond acceptors (Lipinski definition) is 3. The van der Waals surface area contributed by atoms with Gasteiger partial charge in [0.2, 0.25) is 0 Å². The molecular formula is C15H25N3. The first-order valence-electron chi connectivity index (χ1n) is 7.15. The molecule has 3 heteroatoms. The second-order valence-corrected chi connectivity index (χ2v) is 5.45. The van der Waals surface area contributed by atoms with Crippen LogP contribution in [0.4, 0.5) is 5.69 Å². The first kappa shape index (κ1) is 13.3. The molecule has 1 fully saturated rings. The van der Waals surface area contributed by atoms with Crippen LogP contribution >= 0.6 is 0 Å². The third-order valence-electron chi connectivity index (χ3n) is 3.43. The molecule has 0 aliphatic heterocycles. The van der Waals surface area contributed by atoms with Crippen LogP contribution in [0.2, 0.25) is 0 Å². The molecule has 1 aliphatic rings. The summed E-state index contributed by atoms with van der Waals surface area (Å²) < 4.78 is 0. The molecule has 1 aliphatic carbocycles. The molecule has 0 spiro atoms. The van der Waals surface area contributed by atoms with Gasteiger partial charge in [0.15, 0.2) is 0 Å². The van der Waals surface area contributed by atoms with E-state index in [1.807, 2.05) is 12.4 Å². The number of hydrogen-bond donors (Lipinski definition) is 1. The van der Waals surface area contributed by atoms with Gasteiger partial charge in [-0.05, 0) is 39.2 Å². The average molecular weight is 247 g/mol. The third kappa shape index (κ3) is 3.45. The van der Waals surface area contributed by atoms with Gasteiger partial charge in [0.25, 0.3) is 0 Å². The molecule has 1 aromatic heterocycles. The Balaban J connectivity index is 2.12. The van der Waals surface area contributed by atoms with E-state index in [1.165, 1.54) is 30.5 Å². The smallest absolute Gasteiger partial charge is 0.0445 e. The zero-order valence-corrected chi connectivity index (χ0v) is 11.8. The summed E-state index contributed by atoms with van der Waals surface area (Å²) in [6.07, 6.45) is 7.75. The summed E-state index contributed by atoms with van der Waals surface area (Å²) in [5.74, 6) is 0. The molecule has 3 nitrogen and oxygen atoms in total. The molecule has 0 bridgehead atoms. The largest absolute Gasteiger partial charge is 0.369 e. The normalized spacial score (nSPS) is 15.1. The molecule has 0 radical (unpaired) electrons. The van der Waals surface area contributed by atoms with Crippen LogP contribution in [0.1, 0.15) is 45.6 Å². The van der Waals surface area contributed by atoms with Crippen molar-refractivity contribution in [3.8, 4) is 0 Å². The number of aromatic nitrogens is 1. The van der Waals surface area contributed by atoms with Crippen molar-refractivity contribution >= 4 is 5.69 Å². The van der Waals surface area contributed by atoms with Crippen molar-refractivity contribution in [2.45, 2.75) is 58.7 Å². The molecule has 100 valence electrons. The standard InChI is InChI=1S/C15H25N3/c1-4-9-18(12(2)3)15-7-8-16-10-13(15)11-17-14-5-6-14/h7-8,10,12,14,17H,4-6,9,11H2,1-3H3. The van der Waals surface area contributed by atoms with E-state index in [0.29, 0.717) is 6.04 Å². The molecule has 0 atom stereocenters. The van der Waals surface area contributed by atoms with E-state index in [4.69, 9.17) is 0 Å². The highest BCUT2D eigenvalue weighted by atomic mass is 15.2. The summed E-state index contributed by atoms with van der Waals surface area (Å²) in [5.41, 5.74) is 2.67. The Bertz CT molecular complexity index is 372. The van der Waals surface area contributed by atoms with Gasteiger partial charge in [-0.1, -0.05) is 6.92 Å². The third-order valence-corrected chi connectivity index (χ3v) is 3.43. The molecule has 2 rings (SSSR count). The van der Waals surface area contributed by atoms with Gasteiger partial charge in [-0.2, -0.15) is 0 Å². The molecule has 18 heavy (non-hydrogen) atoms. The van der Waals surface area contributed by atoms with Gasteiger partial charge in [-0.25, -0.2) is 0 Å². The molecule has 1 aromatic rings. The predicted octanol–water partition coefficient (Wildman–Crippen LogP) is 2.96. The van der Waals surface area contributed by atoms with Crippen LogP contribution in [0.5, 0.6) is 0 Å². The summed E-state index contributed by atoms with van der Waals surface area (Å²) in [5, 5.41) is 3.58. The average Bonchev–Trinajstić information content (AvgIpc) is 3.18. The van der Waals surface area contributed by atoms with Crippen LogP contribution < -0.4 is 10.2 Å². The minimum atomic E-state index is 0.534. The second kappa shape index (κ2) is 6.19. The van der Waals surface area contributed by atoms with Crippen LogP contribution in [0.25, 0.3) is 0 Å². The Morgan fingerprint density at radius 3 is 2.83 bits per heavy atom. The summed E-state index contributed by atoms with van der Waals surface area (Å²) in [4.78, 5) is 6.76. The minimum Gasteiger partial charge on any atom is -0.369 e. The Morgan fingerprint density at radius 2 is 2.22 bits per heavy atom. The lowest BCUT2D eigenvalue weighted by atomic mass is 10.1. The number of nitrogens with one attached hydrogen (secondary N) is 1. The fourth-order valence-electron chi connectivity index (χ4n) is 2.28.